The smallest absolute Gasteiger partial charge is 0.153 e. The lowest BCUT2D eigenvalue weighted by molar-refractivity contribution is 0.484. The van der Waals surface area contributed by atoms with Crippen LogP contribution in [-0.4, -0.2) is 12.5 Å². The molecule has 114 valence electrons. The monoisotopic (exact) mass is 319 g/mol. The average molecular weight is 319 g/mol. The molecule has 0 aliphatic carbocycles. The molecular weight excluding hydrogens is 302 g/mol. The van der Waals surface area contributed by atoms with Gasteiger partial charge in [-0.05, 0) is 48.2 Å². The van der Waals surface area contributed by atoms with Gasteiger partial charge in [0.15, 0.2) is 5.75 Å². The number of thioether (sulfide) groups is 1. The van der Waals surface area contributed by atoms with Crippen molar-refractivity contribution in [3.05, 3.63) is 84.4 Å². The third kappa shape index (κ3) is 4.24. The van der Waals surface area contributed by atoms with Crippen molar-refractivity contribution < 1.29 is 4.74 Å². The lowest BCUT2D eigenvalue weighted by Gasteiger charge is -2.07. The van der Waals surface area contributed by atoms with Crippen LogP contribution < -0.4 is 4.74 Å². The van der Waals surface area contributed by atoms with Gasteiger partial charge in [-0.15, -0.1) is 11.8 Å². The summed E-state index contributed by atoms with van der Waals surface area (Å²) in [5.41, 5.74) is 1.88. The van der Waals surface area contributed by atoms with Crippen LogP contribution in [0.4, 0.5) is 5.69 Å². The number of aliphatic imine (C=N–C) groups is 1. The first-order valence-corrected chi connectivity index (χ1v) is 8.58. The Hall–Kier alpha value is -2.52. The molecule has 0 saturated carbocycles. The van der Waals surface area contributed by atoms with Gasteiger partial charge in [-0.2, -0.15) is 0 Å². The Morgan fingerprint density at radius 1 is 0.826 bits per heavy atom. The lowest BCUT2D eigenvalue weighted by atomic mass is 10.2. The fourth-order valence-electron chi connectivity index (χ4n) is 2.10. The maximum absolute atomic E-state index is 5.92. The van der Waals surface area contributed by atoms with Gasteiger partial charge < -0.3 is 4.74 Å². The Labute approximate surface area is 140 Å². The van der Waals surface area contributed by atoms with E-state index in [1.807, 2.05) is 60.8 Å². The Morgan fingerprint density at radius 3 is 2.26 bits per heavy atom. The van der Waals surface area contributed by atoms with Gasteiger partial charge in [-0.3, -0.25) is 4.99 Å². The predicted octanol–water partition coefficient (Wildman–Crippen LogP) is 5.95. The summed E-state index contributed by atoms with van der Waals surface area (Å²) in [7, 11) is 0. The standard InChI is InChI=1S/C20H17NOS/c1-23-18-13-11-16(12-14-18)15-21-19-9-5-6-10-20(19)22-17-7-3-2-4-8-17/h2-15H,1H3. The predicted molar refractivity (Wildman–Crippen MR) is 98.4 cm³/mol. The van der Waals surface area contributed by atoms with E-state index in [1.54, 1.807) is 11.8 Å². The largest absolute Gasteiger partial charge is 0.455 e. The minimum absolute atomic E-state index is 0.746. The SMILES string of the molecule is CSc1ccc(C=Nc2ccccc2Oc2ccccc2)cc1. The van der Waals surface area contributed by atoms with Crippen molar-refractivity contribution in [2.45, 2.75) is 4.90 Å². The van der Waals surface area contributed by atoms with Crippen molar-refractivity contribution >= 4 is 23.7 Å². The summed E-state index contributed by atoms with van der Waals surface area (Å²) in [6.45, 7) is 0. The van der Waals surface area contributed by atoms with E-state index >= 15 is 0 Å². The first-order valence-electron chi connectivity index (χ1n) is 7.35. The molecule has 3 aromatic carbocycles. The second kappa shape index (κ2) is 7.65. The molecule has 0 amide bonds. The molecule has 0 heterocycles. The summed E-state index contributed by atoms with van der Waals surface area (Å²) >= 11 is 1.73. The Morgan fingerprint density at radius 2 is 1.52 bits per heavy atom. The van der Waals surface area contributed by atoms with Crippen LogP contribution in [0.1, 0.15) is 5.56 Å². The van der Waals surface area contributed by atoms with Crippen molar-refractivity contribution in [1.82, 2.24) is 0 Å². The molecule has 23 heavy (non-hydrogen) atoms. The molecule has 0 atom stereocenters. The van der Waals surface area contributed by atoms with Crippen molar-refractivity contribution in [2.75, 3.05) is 6.26 Å². The van der Waals surface area contributed by atoms with E-state index in [-0.39, 0.29) is 0 Å². The van der Waals surface area contributed by atoms with E-state index in [9.17, 15) is 0 Å². The Bertz CT molecular complexity index is 782. The molecule has 0 radical (unpaired) electrons. The highest BCUT2D eigenvalue weighted by Gasteiger charge is 2.02. The zero-order chi connectivity index (χ0) is 15.9. The van der Waals surface area contributed by atoms with Gasteiger partial charge in [-0.1, -0.05) is 42.5 Å². The average Bonchev–Trinajstić information content (AvgIpc) is 2.62. The summed E-state index contributed by atoms with van der Waals surface area (Å²) in [4.78, 5) is 5.82. The van der Waals surface area contributed by atoms with Gasteiger partial charge in [0, 0.05) is 11.1 Å². The molecule has 2 nitrogen and oxygen atoms in total. The molecule has 3 heteroatoms. The minimum Gasteiger partial charge on any atom is -0.455 e. The van der Waals surface area contributed by atoms with Crippen LogP contribution in [0.2, 0.25) is 0 Å². The molecular formula is C20H17NOS. The van der Waals surface area contributed by atoms with Crippen molar-refractivity contribution in [2.24, 2.45) is 4.99 Å². The number of nitrogens with zero attached hydrogens (tertiary/aromatic N) is 1. The number of rotatable bonds is 5. The first-order chi connectivity index (χ1) is 11.3. The van der Waals surface area contributed by atoms with E-state index in [4.69, 9.17) is 4.74 Å². The second-order valence-corrected chi connectivity index (χ2v) is 5.79. The molecule has 0 bridgehead atoms. The molecule has 0 N–H and O–H groups in total. The van der Waals surface area contributed by atoms with Gasteiger partial charge in [0.25, 0.3) is 0 Å². The summed E-state index contributed by atoms with van der Waals surface area (Å²) in [5.74, 6) is 1.55. The molecule has 0 fully saturated rings. The van der Waals surface area contributed by atoms with E-state index in [0.717, 1.165) is 22.7 Å². The second-order valence-electron chi connectivity index (χ2n) is 4.91. The van der Waals surface area contributed by atoms with Crippen LogP contribution in [0.15, 0.2) is 88.8 Å². The molecule has 0 aliphatic rings. The topological polar surface area (TPSA) is 21.6 Å². The van der Waals surface area contributed by atoms with Gasteiger partial charge in [0.2, 0.25) is 0 Å². The van der Waals surface area contributed by atoms with Crippen LogP contribution in [0.5, 0.6) is 11.5 Å². The van der Waals surface area contributed by atoms with Crippen LogP contribution in [0.3, 0.4) is 0 Å². The van der Waals surface area contributed by atoms with Gasteiger partial charge in [0.05, 0.1) is 0 Å². The fraction of sp³-hybridized carbons (Fsp3) is 0.0500. The van der Waals surface area contributed by atoms with E-state index in [1.165, 1.54) is 4.90 Å². The lowest BCUT2D eigenvalue weighted by Crippen LogP contribution is -1.85. The number of hydrogen-bond donors (Lipinski definition) is 0. The number of para-hydroxylation sites is 3. The highest BCUT2D eigenvalue weighted by Crippen LogP contribution is 2.31. The molecule has 0 saturated heterocycles. The third-order valence-electron chi connectivity index (χ3n) is 3.30. The van der Waals surface area contributed by atoms with E-state index in [0.29, 0.717) is 0 Å². The number of ether oxygens (including phenoxy) is 1. The molecule has 3 rings (SSSR count). The van der Waals surface area contributed by atoms with Crippen LogP contribution in [0.25, 0.3) is 0 Å². The van der Waals surface area contributed by atoms with Gasteiger partial charge in [0.1, 0.15) is 11.4 Å². The van der Waals surface area contributed by atoms with Crippen molar-refractivity contribution in [1.29, 1.82) is 0 Å². The Kier molecular flexibility index (Phi) is 5.12. The fourth-order valence-corrected chi connectivity index (χ4v) is 2.51. The van der Waals surface area contributed by atoms with Gasteiger partial charge >= 0.3 is 0 Å². The molecule has 3 aromatic rings. The molecule has 0 spiro atoms. The zero-order valence-corrected chi connectivity index (χ0v) is 13.7. The highest BCUT2D eigenvalue weighted by molar-refractivity contribution is 7.98. The molecule has 0 aromatic heterocycles. The summed E-state index contributed by atoms with van der Waals surface area (Å²) in [5, 5.41) is 0. The maximum Gasteiger partial charge on any atom is 0.153 e. The van der Waals surface area contributed by atoms with Crippen molar-refractivity contribution in [3.8, 4) is 11.5 Å². The number of hydrogen-bond acceptors (Lipinski definition) is 3. The molecule has 0 aliphatic heterocycles. The summed E-state index contributed by atoms with van der Waals surface area (Å²) in [6, 6.07) is 25.8. The Balaban J connectivity index is 1.80. The summed E-state index contributed by atoms with van der Waals surface area (Å²) < 4.78 is 5.92. The van der Waals surface area contributed by atoms with Gasteiger partial charge in [-0.25, -0.2) is 0 Å². The highest BCUT2D eigenvalue weighted by atomic mass is 32.2. The van der Waals surface area contributed by atoms with E-state index in [2.05, 4.69) is 35.5 Å². The van der Waals surface area contributed by atoms with E-state index < -0.39 is 0 Å². The first kappa shape index (κ1) is 15.4. The molecule has 0 unspecified atom stereocenters. The van der Waals surface area contributed by atoms with Crippen LogP contribution >= 0.6 is 11.8 Å². The zero-order valence-electron chi connectivity index (χ0n) is 12.8. The van der Waals surface area contributed by atoms with Crippen LogP contribution in [0, 0.1) is 0 Å². The summed E-state index contributed by atoms with van der Waals surface area (Å²) in [6.07, 6.45) is 3.93. The quantitative estimate of drug-likeness (QED) is 0.428. The normalized spacial score (nSPS) is 10.8. The van der Waals surface area contributed by atoms with Crippen LogP contribution in [-0.2, 0) is 0 Å². The minimum atomic E-state index is 0.746. The maximum atomic E-state index is 5.92. The van der Waals surface area contributed by atoms with Crippen molar-refractivity contribution in [3.63, 3.8) is 0 Å². The third-order valence-corrected chi connectivity index (χ3v) is 4.05. The number of benzene rings is 3.